The van der Waals surface area contributed by atoms with Gasteiger partial charge in [0.1, 0.15) is 15.8 Å². The summed E-state index contributed by atoms with van der Waals surface area (Å²) >= 11 is 1.26. The van der Waals surface area contributed by atoms with Crippen LogP contribution >= 0.6 is 11.3 Å². The number of amides is 1. The summed E-state index contributed by atoms with van der Waals surface area (Å²) in [6.07, 6.45) is 3.39. The zero-order valence-corrected chi connectivity index (χ0v) is 20.4. The number of pyridine rings is 1. The molecule has 1 amide bonds. The van der Waals surface area contributed by atoms with Crippen LogP contribution < -0.4 is 5.32 Å². The predicted molar refractivity (Wildman–Crippen MR) is 129 cm³/mol. The van der Waals surface area contributed by atoms with E-state index >= 15 is 0 Å². The highest BCUT2D eigenvalue weighted by Gasteiger charge is 2.29. The SMILES string of the molecule is COC(=O)c1sc2nc(CN3CCC(N4CCOCC4)CC3)ccc2c1NC(=O)C1CCCO1. The summed E-state index contributed by atoms with van der Waals surface area (Å²) in [6.45, 7) is 7.20. The molecule has 2 aromatic rings. The van der Waals surface area contributed by atoms with E-state index in [0.717, 1.165) is 81.1 Å². The second-order valence-corrected chi connectivity index (χ2v) is 10.1. The lowest BCUT2D eigenvalue weighted by Gasteiger charge is -2.40. The van der Waals surface area contributed by atoms with Crippen LogP contribution in [-0.4, -0.2) is 91.9 Å². The average molecular weight is 489 g/mol. The first kappa shape index (κ1) is 23.6. The summed E-state index contributed by atoms with van der Waals surface area (Å²) in [5, 5.41) is 3.67. The van der Waals surface area contributed by atoms with E-state index in [2.05, 4.69) is 15.1 Å². The fourth-order valence-electron chi connectivity index (χ4n) is 5.07. The first-order chi connectivity index (χ1) is 16.6. The number of aromatic nitrogens is 1. The number of anilines is 1. The molecule has 0 aromatic carbocycles. The lowest BCUT2D eigenvalue weighted by Crippen LogP contribution is -2.48. The number of likely N-dealkylation sites (tertiary alicyclic amines) is 1. The van der Waals surface area contributed by atoms with Crippen molar-refractivity contribution in [1.29, 1.82) is 0 Å². The molecule has 3 aliphatic heterocycles. The number of nitrogens with one attached hydrogen (secondary N) is 1. The average Bonchev–Trinajstić information content (AvgIpc) is 3.53. The first-order valence-electron chi connectivity index (χ1n) is 12.1. The minimum atomic E-state index is -0.479. The van der Waals surface area contributed by atoms with Crippen molar-refractivity contribution in [1.82, 2.24) is 14.8 Å². The summed E-state index contributed by atoms with van der Waals surface area (Å²) in [7, 11) is 1.35. The van der Waals surface area contributed by atoms with Gasteiger partial charge in [-0.1, -0.05) is 0 Å². The highest BCUT2D eigenvalue weighted by atomic mass is 32.1. The molecular formula is C24H32N4O5S. The quantitative estimate of drug-likeness (QED) is 0.620. The number of piperidine rings is 1. The molecule has 3 aliphatic rings. The van der Waals surface area contributed by atoms with Crippen molar-refractivity contribution in [2.75, 3.05) is 58.4 Å². The van der Waals surface area contributed by atoms with E-state index in [1.54, 1.807) is 0 Å². The molecule has 1 unspecified atom stereocenters. The lowest BCUT2D eigenvalue weighted by atomic mass is 10.0. The second-order valence-electron chi connectivity index (χ2n) is 9.10. The van der Waals surface area contributed by atoms with E-state index < -0.39 is 12.1 Å². The third-order valence-corrected chi connectivity index (χ3v) is 8.04. The molecular weight excluding hydrogens is 456 g/mol. The molecule has 1 N–H and O–H groups in total. The van der Waals surface area contributed by atoms with Gasteiger partial charge in [-0.05, 0) is 37.8 Å². The van der Waals surface area contributed by atoms with Gasteiger partial charge in [0, 0.05) is 50.8 Å². The van der Waals surface area contributed by atoms with Crippen LogP contribution in [0.25, 0.3) is 10.2 Å². The maximum atomic E-state index is 12.7. The van der Waals surface area contributed by atoms with Gasteiger partial charge < -0.3 is 19.5 Å². The van der Waals surface area contributed by atoms with Gasteiger partial charge in [-0.3, -0.25) is 14.6 Å². The Morgan fingerprint density at radius 3 is 2.65 bits per heavy atom. The van der Waals surface area contributed by atoms with Crippen molar-refractivity contribution < 1.29 is 23.8 Å². The summed E-state index contributed by atoms with van der Waals surface area (Å²) < 4.78 is 16.0. The molecule has 10 heteroatoms. The van der Waals surface area contributed by atoms with Gasteiger partial charge in [0.2, 0.25) is 0 Å². The van der Waals surface area contributed by atoms with E-state index in [9.17, 15) is 9.59 Å². The van der Waals surface area contributed by atoms with Gasteiger partial charge in [0.25, 0.3) is 5.91 Å². The van der Waals surface area contributed by atoms with Crippen molar-refractivity contribution in [2.45, 2.75) is 44.4 Å². The van der Waals surface area contributed by atoms with Crippen LogP contribution in [0.2, 0.25) is 0 Å². The van der Waals surface area contributed by atoms with Crippen LogP contribution in [0, 0.1) is 0 Å². The van der Waals surface area contributed by atoms with Crippen LogP contribution in [0.4, 0.5) is 5.69 Å². The van der Waals surface area contributed by atoms with Gasteiger partial charge in [-0.25, -0.2) is 9.78 Å². The Bertz CT molecular complexity index is 1020. The number of esters is 1. The molecule has 3 saturated heterocycles. The minimum Gasteiger partial charge on any atom is -0.465 e. The normalized spacial score (nSPS) is 22.8. The second kappa shape index (κ2) is 10.7. The molecule has 9 nitrogen and oxygen atoms in total. The van der Waals surface area contributed by atoms with E-state index in [1.165, 1.54) is 18.4 Å². The van der Waals surface area contributed by atoms with Crippen molar-refractivity contribution in [3.05, 3.63) is 22.7 Å². The van der Waals surface area contributed by atoms with Gasteiger partial charge in [0.05, 0.1) is 31.7 Å². The Labute approximate surface area is 203 Å². The Balaban J connectivity index is 1.28. The summed E-state index contributed by atoms with van der Waals surface area (Å²) in [5.41, 5.74) is 1.43. The van der Waals surface area contributed by atoms with Crippen LogP contribution in [-0.2, 0) is 25.5 Å². The highest BCUT2D eigenvalue weighted by molar-refractivity contribution is 7.21. The maximum absolute atomic E-state index is 12.7. The number of ether oxygens (including phenoxy) is 3. The number of hydrogen-bond donors (Lipinski definition) is 1. The molecule has 5 rings (SSSR count). The largest absolute Gasteiger partial charge is 0.465 e. The summed E-state index contributed by atoms with van der Waals surface area (Å²) in [6, 6.07) is 4.59. The predicted octanol–water partition coefficient (Wildman–Crippen LogP) is 2.50. The number of nitrogens with zero attached hydrogens (tertiary/aromatic N) is 3. The van der Waals surface area contributed by atoms with Crippen LogP contribution in [0.3, 0.4) is 0 Å². The third-order valence-electron chi connectivity index (χ3n) is 6.96. The maximum Gasteiger partial charge on any atom is 0.350 e. The van der Waals surface area contributed by atoms with Crippen molar-refractivity contribution in [2.24, 2.45) is 0 Å². The molecule has 0 bridgehead atoms. The van der Waals surface area contributed by atoms with Crippen LogP contribution in [0.15, 0.2) is 12.1 Å². The Hall–Kier alpha value is -2.11. The number of rotatable bonds is 6. The number of methoxy groups -OCH3 is 1. The van der Waals surface area contributed by atoms with Crippen molar-refractivity contribution >= 4 is 39.1 Å². The molecule has 184 valence electrons. The molecule has 1 atom stereocenters. The number of carbonyl (C=O) groups is 2. The number of morpholine rings is 1. The molecule has 34 heavy (non-hydrogen) atoms. The molecule has 0 aliphatic carbocycles. The standard InChI is InChI=1S/C24H32N4O5S/c1-31-24(30)21-20(26-22(29)19-3-2-12-33-19)18-5-4-16(25-23(18)34-21)15-27-8-6-17(7-9-27)28-10-13-32-14-11-28/h4-5,17,19H,2-3,6-15H2,1H3,(H,26,29). The molecule has 5 heterocycles. The van der Waals surface area contributed by atoms with Crippen molar-refractivity contribution in [3.8, 4) is 0 Å². The van der Waals surface area contributed by atoms with E-state index in [1.807, 2.05) is 12.1 Å². The Morgan fingerprint density at radius 1 is 1.15 bits per heavy atom. The first-order valence-corrected chi connectivity index (χ1v) is 12.9. The van der Waals surface area contributed by atoms with Crippen LogP contribution in [0.1, 0.15) is 41.0 Å². The molecule has 0 saturated carbocycles. The third kappa shape index (κ3) is 5.11. The molecule has 0 radical (unpaired) electrons. The molecule has 3 fully saturated rings. The minimum absolute atomic E-state index is 0.227. The van der Waals surface area contributed by atoms with Gasteiger partial charge in [-0.15, -0.1) is 11.3 Å². The highest BCUT2D eigenvalue weighted by Crippen LogP contribution is 2.36. The van der Waals surface area contributed by atoms with E-state index in [4.69, 9.17) is 19.2 Å². The lowest BCUT2D eigenvalue weighted by molar-refractivity contribution is -0.124. The van der Waals surface area contributed by atoms with Gasteiger partial charge in [-0.2, -0.15) is 0 Å². The zero-order valence-electron chi connectivity index (χ0n) is 19.6. The monoisotopic (exact) mass is 488 g/mol. The Morgan fingerprint density at radius 2 is 1.94 bits per heavy atom. The number of thiophene rings is 1. The topological polar surface area (TPSA) is 93.2 Å². The fraction of sp³-hybridized carbons (Fsp3) is 0.625. The molecule has 2 aromatic heterocycles. The van der Waals surface area contributed by atoms with Crippen LogP contribution in [0.5, 0.6) is 0 Å². The number of hydrogen-bond acceptors (Lipinski definition) is 9. The van der Waals surface area contributed by atoms with Gasteiger partial charge in [0.15, 0.2) is 0 Å². The fourth-order valence-corrected chi connectivity index (χ4v) is 6.13. The summed E-state index contributed by atoms with van der Waals surface area (Å²) in [5.74, 6) is -0.702. The number of carbonyl (C=O) groups excluding carboxylic acids is 2. The zero-order chi connectivity index (χ0) is 23.5. The smallest absolute Gasteiger partial charge is 0.350 e. The summed E-state index contributed by atoms with van der Waals surface area (Å²) in [4.78, 5) is 36.0. The van der Waals surface area contributed by atoms with Crippen molar-refractivity contribution in [3.63, 3.8) is 0 Å². The van der Waals surface area contributed by atoms with E-state index in [-0.39, 0.29) is 5.91 Å². The number of fused-ring (bicyclic) bond motifs is 1. The van der Waals surface area contributed by atoms with Gasteiger partial charge >= 0.3 is 5.97 Å². The molecule has 0 spiro atoms. The van der Waals surface area contributed by atoms with E-state index in [0.29, 0.717) is 29.6 Å². The Kier molecular flexibility index (Phi) is 7.40.